The summed E-state index contributed by atoms with van der Waals surface area (Å²) in [5.74, 6) is -1.27. The molecule has 3 N–H and O–H groups in total. The van der Waals surface area contributed by atoms with Crippen molar-refractivity contribution in [2.45, 2.75) is 13.0 Å². The number of nitrogens with one attached hydrogen (secondary N) is 2. The number of benzene rings is 1. The number of aliphatic carboxylic acids is 1. The standard InChI is InChI=1S/C15H20N2O5S/c1-10(18)17-13(14(19)20)9-23-8-7-22-15(21)11-5-3-4-6-12(11)16-2/h3-6,13,16H,7-9H2,1-2H3,(H,17,18)(H,19,20). The van der Waals surface area contributed by atoms with Gasteiger partial charge in [-0.05, 0) is 12.1 Å². The van der Waals surface area contributed by atoms with Gasteiger partial charge in [0.15, 0.2) is 0 Å². The molecule has 1 aromatic carbocycles. The van der Waals surface area contributed by atoms with Crippen molar-refractivity contribution in [3.05, 3.63) is 29.8 Å². The van der Waals surface area contributed by atoms with Gasteiger partial charge in [0.1, 0.15) is 12.6 Å². The second-order valence-electron chi connectivity index (χ2n) is 4.60. The van der Waals surface area contributed by atoms with Crippen molar-refractivity contribution in [2.24, 2.45) is 0 Å². The van der Waals surface area contributed by atoms with Gasteiger partial charge in [0.05, 0.1) is 5.56 Å². The first kappa shape index (κ1) is 18.8. The maximum atomic E-state index is 12.0. The predicted molar refractivity (Wildman–Crippen MR) is 88.8 cm³/mol. The quantitative estimate of drug-likeness (QED) is 0.458. The lowest BCUT2D eigenvalue weighted by atomic mass is 10.2. The first-order chi connectivity index (χ1) is 11.0. The summed E-state index contributed by atoms with van der Waals surface area (Å²) in [7, 11) is 1.72. The summed E-state index contributed by atoms with van der Waals surface area (Å²) in [6.07, 6.45) is 0. The second kappa shape index (κ2) is 9.73. The molecule has 1 aromatic rings. The van der Waals surface area contributed by atoms with Gasteiger partial charge >= 0.3 is 11.9 Å². The summed E-state index contributed by atoms with van der Waals surface area (Å²) >= 11 is 1.29. The highest BCUT2D eigenvalue weighted by Crippen LogP contribution is 2.15. The van der Waals surface area contributed by atoms with Crippen LogP contribution in [0.1, 0.15) is 17.3 Å². The molecule has 0 saturated carbocycles. The number of esters is 1. The number of thioether (sulfide) groups is 1. The molecule has 0 radical (unpaired) electrons. The molecular weight excluding hydrogens is 320 g/mol. The molecule has 8 heteroatoms. The number of para-hydroxylation sites is 1. The SMILES string of the molecule is CNc1ccccc1C(=O)OCCSCC(NC(C)=O)C(=O)O. The van der Waals surface area contributed by atoms with Gasteiger partial charge in [0, 0.05) is 31.2 Å². The third-order valence-electron chi connectivity index (χ3n) is 2.84. The maximum absolute atomic E-state index is 12.0. The Morgan fingerprint density at radius 2 is 2.00 bits per heavy atom. The zero-order valence-electron chi connectivity index (χ0n) is 13.0. The average molecular weight is 340 g/mol. The fourth-order valence-electron chi connectivity index (χ4n) is 1.77. The van der Waals surface area contributed by atoms with Gasteiger partial charge in [-0.25, -0.2) is 9.59 Å². The summed E-state index contributed by atoms with van der Waals surface area (Å²) in [6.45, 7) is 1.43. The zero-order valence-corrected chi connectivity index (χ0v) is 13.8. The van der Waals surface area contributed by atoms with Crippen LogP contribution >= 0.6 is 11.8 Å². The Bertz CT molecular complexity index is 565. The molecule has 23 heavy (non-hydrogen) atoms. The van der Waals surface area contributed by atoms with Crippen LogP contribution in [-0.4, -0.2) is 54.2 Å². The van der Waals surface area contributed by atoms with Crippen molar-refractivity contribution in [3.8, 4) is 0 Å². The first-order valence-corrected chi connectivity index (χ1v) is 8.12. The molecule has 0 aliphatic carbocycles. The Kier molecular flexibility index (Phi) is 7.96. The van der Waals surface area contributed by atoms with Crippen LogP contribution in [0.4, 0.5) is 5.69 Å². The molecule has 0 fully saturated rings. The number of ether oxygens (including phenoxy) is 1. The van der Waals surface area contributed by atoms with Crippen LogP contribution in [-0.2, 0) is 14.3 Å². The van der Waals surface area contributed by atoms with Gasteiger partial charge in [0.25, 0.3) is 0 Å². The van der Waals surface area contributed by atoms with Gasteiger partial charge < -0.3 is 20.5 Å². The molecule has 0 aliphatic heterocycles. The zero-order chi connectivity index (χ0) is 17.2. The fourth-order valence-corrected chi connectivity index (χ4v) is 2.60. The summed E-state index contributed by atoms with van der Waals surface area (Å²) in [6, 6.07) is 6.05. The normalized spacial score (nSPS) is 11.4. The highest BCUT2D eigenvalue weighted by molar-refractivity contribution is 7.99. The molecule has 1 amide bonds. The van der Waals surface area contributed by atoms with E-state index in [1.807, 2.05) is 6.07 Å². The van der Waals surface area contributed by atoms with E-state index in [0.29, 0.717) is 17.0 Å². The molecule has 0 heterocycles. The van der Waals surface area contributed by atoms with Crippen LogP contribution in [0.15, 0.2) is 24.3 Å². The summed E-state index contributed by atoms with van der Waals surface area (Å²) in [5.41, 5.74) is 1.13. The molecule has 0 saturated heterocycles. The van der Waals surface area contributed by atoms with Crippen molar-refractivity contribution >= 4 is 35.3 Å². The number of carbonyl (C=O) groups excluding carboxylic acids is 2. The van der Waals surface area contributed by atoms with E-state index in [2.05, 4.69) is 10.6 Å². The van der Waals surface area contributed by atoms with Gasteiger partial charge in [-0.2, -0.15) is 11.8 Å². The van der Waals surface area contributed by atoms with E-state index in [4.69, 9.17) is 9.84 Å². The van der Waals surface area contributed by atoms with Crippen LogP contribution in [0.3, 0.4) is 0 Å². The highest BCUT2D eigenvalue weighted by atomic mass is 32.2. The van der Waals surface area contributed by atoms with Crippen LogP contribution in [0.25, 0.3) is 0 Å². The van der Waals surface area contributed by atoms with Crippen LogP contribution < -0.4 is 10.6 Å². The predicted octanol–water partition coefficient (Wildman–Crippen LogP) is 1.21. The Balaban J connectivity index is 2.35. The smallest absolute Gasteiger partial charge is 0.340 e. The van der Waals surface area contributed by atoms with E-state index in [-0.39, 0.29) is 12.4 Å². The molecule has 126 valence electrons. The summed E-state index contributed by atoms with van der Waals surface area (Å²) in [4.78, 5) is 33.8. The Morgan fingerprint density at radius 3 is 2.61 bits per heavy atom. The molecule has 1 atom stereocenters. The molecule has 7 nitrogen and oxygen atoms in total. The number of anilines is 1. The van der Waals surface area contributed by atoms with Crippen molar-refractivity contribution in [1.29, 1.82) is 0 Å². The topological polar surface area (TPSA) is 105 Å². The number of rotatable bonds is 9. The fraction of sp³-hybridized carbons (Fsp3) is 0.400. The minimum atomic E-state index is -1.09. The van der Waals surface area contributed by atoms with Gasteiger partial charge in [0.2, 0.25) is 5.91 Å². The molecule has 1 rings (SSSR count). The van der Waals surface area contributed by atoms with Crippen molar-refractivity contribution in [3.63, 3.8) is 0 Å². The number of carbonyl (C=O) groups is 3. The minimum absolute atomic E-state index is 0.161. The number of carboxylic acids is 1. The molecular formula is C15H20N2O5S. The number of hydrogen-bond donors (Lipinski definition) is 3. The lowest BCUT2D eigenvalue weighted by Crippen LogP contribution is -2.41. The second-order valence-corrected chi connectivity index (χ2v) is 5.75. The molecule has 0 aliphatic rings. The van der Waals surface area contributed by atoms with E-state index < -0.39 is 23.9 Å². The Morgan fingerprint density at radius 1 is 1.30 bits per heavy atom. The van der Waals surface area contributed by atoms with Crippen molar-refractivity contribution < 1.29 is 24.2 Å². The van der Waals surface area contributed by atoms with Gasteiger partial charge in [-0.15, -0.1) is 0 Å². The van der Waals surface area contributed by atoms with Crippen molar-refractivity contribution in [2.75, 3.05) is 30.5 Å². The van der Waals surface area contributed by atoms with E-state index >= 15 is 0 Å². The monoisotopic (exact) mass is 340 g/mol. The van der Waals surface area contributed by atoms with Gasteiger partial charge in [-0.1, -0.05) is 12.1 Å². The van der Waals surface area contributed by atoms with E-state index in [0.717, 1.165) is 0 Å². The Hall–Kier alpha value is -2.22. The average Bonchev–Trinajstić information content (AvgIpc) is 2.52. The lowest BCUT2D eigenvalue weighted by Gasteiger charge is -2.13. The van der Waals surface area contributed by atoms with E-state index in [1.54, 1.807) is 25.2 Å². The minimum Gasteiger partial charge on any atom is -0.480 e. The number of hydrogen-bond acceptors (Lipinski definition) is 6. The largest absolute Gasteiger partial charge is 0.480 e. The molecule has 0 spiro atoms. The van der Waals surface area contributed by atoms with Crippen LogP contribution in [0.2, 0.25) is 0 Å². The number of carboxylic acid groups (broad SMARTS) is 1. The molecule has 0 bridgehead atoms. The van der Waals surface area contributed by atoms with Crippen molar-refractivity contribution in [1.82, 2.24) is 5.32 Å². The Labute approximate surface area is 138 Å². The molecule has 1 unspecified atom stereocenters. The summed E-state index contributed by atoms with van der Waals surface area (Å²) in [5, 5.41) is 14.2. The third-order valence-corrected chi connectivity index (χ3v) is 3.86. The summed E-state index contributed by atoms with van der Waals surface area (Å²) < 4.78 is 5.16. The molecule has 0 aromatic heterocycles. The van der Waals surface area contributed by atoms with E-state index in [1.165, 1.54) is 18.7 Å². The third kappa shape index (κ3) is 6.60. The highest BCUT2D eigenvalue weighted by Gasteiger charge is 2.18. The number of amides is 1. The maximum Gasteiger partial charge on any atom is 0.340 e. The first-order valence-electron chi connectivity index (χ1n) is 6.97. The van der Waals surface area contributed by atoms with Gasteiger partial charge in [-0.3, -0.25) is 4.79 Å². The van der Waals surface area contributed by atoms with E-state index in [9.17, 15) is 14.4 Å². The van der Waals surface area contributed by atoms with Crippen LogP contribution in [0, 0.1) is 0 Å². The lowest BCUT2D eigenvalue weighted by molar-refractivity contribution is -0.140. The van der Waals surface area contributed by atoms with Crippen LogP contribution in [0.5, 0.6) is 0 Å².